The topological polar surface area (TPSA) is 59.0 Å². The minimum Gasteiger partial charge on any atom is -0.354 e. The summed E-state index contributed by atoms with van der Waals surface area (Å²) in [6, 6.07) is 10.3. The maximum absolute atomic E-state index is 12.1. The van der Waals surface area contributed by atoms with E-state index in [2.05, 4.69) is 32.3 Å². The van der Waals surface area contributed by atoms with E-state index in [1.54, 1.807) is 0 Å². The Morgan fingerprint density at radius 2 is 2.17 bits per heavy atom. The molecule has 122 valence electrons. The molecule has 1 fully saturated rings. The Balaban J connectivity index is 1.49. The number of carbonyl (C=O) groups excluding carboxylic acids is 1. The molecule has 2 N–H and O–H groups in total. The van der Waals surface area contributed by atoms with Gasteiger partial charge in [0, 0.05) is 31.9 Å². The highest BCUT2D eigenvalue weighted by Gasteiger charge is 2.19. The van der Waals surface area contributed by atoms with E-state index in [1.807, 2.05) is 30.6 Å². The predicted molar refractivity (Wildman–Crippen MR) is 90.1 cm³/mol. The molecule has 1 aromatic heterocycles. The van der Waals surface area contributed by atoms with Crippen molar-refractivity contribution in [2.75, 3.05) is 13.1 Å². The zero-order valence-electron chi connectivity index (χ0n) is 13.4. The van der Waals surface area contributed by atoms with Crippen LogP contribution in [0.5, 0.6) is 0 Å². The fourth-order valence-electron chi connectivity index (χ4n) is 2.99. The average Bonchev–Trinajstić information content (AvgIpc) is 3.03. The molecule has 0 spiro atoms. The largest absolute Gasteiger partial charge is 0.354 e. The summed E-state index contributed by atoms with van der Waals surface area (Å²) >= 11 is 0. The van der Waals surface area contributed by atoms with E-state index in [1.165, 1.54) is 12.0 Å². The molecular formula is C18H24N4O. The van der Waals surface area contributed by atoms with Gasteiger partial charge in [-0.2, -0.15) is 0 Å². The van der Waals surface area contributed by atoms with Crippen LogP contribution in [-0.4, -0.2) is 34.6 Å². The molecule has 1 aliphatic heterocycles. The van der Waals surface area contributed by atoms with E-state index < -0.39 is 0 Å². The van der Waals surface area contributed by atoms with Crippen LogP contribution in [0, 0.1) is 0 Å². The molecule has 1 atom stereocenters. The first-order valence-corrected chi connectivity index (χ1v) is 8.38. The van der Waals surface area contributed by atoms with Gasteiger partial charge in [0.2, 0.25) is 5.91 Å². The van der Waals surface area contributed by atoms with Gasteiger partial charge in [-0.25, -0.2) is 4.98 Å². The number of hydrogen-bond donors (Lipinski definition) is 2. The molecule has 1 amide bonds. The van der Waals surface area contributed by atoms with Crippen molar-refractivity contribution in [3.05, 3.63) is 54.1 Å². The maximum atomic E-state index is 12.1. The quantitative estimate of drug-likeness (QED) is 0.854. The first-order valence-electron chi connectivity index (χ1n) is 8.38. The van der Waals surface area contributed by atoms with Gasteiger partial charge in [-0.15, -0.1) is 0 Å². The van der Waals surface area contributed by atoms with Crippen molar-refractivity contribution in [2.24, 2.45) is 0 Å². The summed E-state index contributed by atoms with van der Waals surface area (Å²) < 4.78 is 2.14. The monoisotopic (exact) mass is 312 g/mol. The molecule has 0 saturated carbocycles. The highest BCUT2D eigenvalue weighted by atomic mass is 16.2. The molecule has 2 aromatic rings. The van der Waals surface area contributed by atoms with E-state index in [4.69, 9.17) is 0 Å². The van der Waals surface area contributed by atoms with Crippen LogP contribution in [0.25, 0.3) is 0 Å². The molecule has 0 aliphatic carbocycles. The van der Waals surface area contributed by atoms with Gasteiger partial charge in [-0.3, -0.25) is 4.79 Å². The number of aromatic nitrogens is 2. The predicted octanol–water partition coefficient (Wildman–Crippen LogP) is 1.73. The second kappa shape index (κ2) is 7.92. The fraction of sp³-hybridized carbons (Fsp3) is 0.444. The smallest absolute Gasteiger partial charge is 0.237 e. The van der Waals surface area contributed by atoms with Crippen molar-refractivity contribution in [2.45, 2.75) is 38.3 Å². The number of nitrogens with zero attached hydrogens (tertiary/aromatic N) is 2. The van der Waals surface area contributed by atoms with E-state index in [0.29, 0.717) is 6.54 Å². The van der Waals surface area contributed by atoms with E-state index in [9.17, 15) is 4.79 Å². The van der Waals surface area contributed by atoms with Crippen LogP contribution in [0.1, 0.15) is 30.7 Å². The zero-order chi connectivity index (χ0) is 15.9. The second-order valence-corrected chi connectivity index (χ2v) is 6.00. The molecule has 1 aromatic carbocycles. The maximum Gasteiger partial charge on any atom is 0.237 e. The summed E-state index contributed by atoms with van der Waals surface area (Å²) in [5, 5.41) is 6.30. The highest BCUT2D eigenvalue weighted by Crippen LogP contribution is 2.08. The number of imidazole rings is 1. The van der Waals surface area contributed by atoms with Gasteiger partial charge in [-0.05, 0) is 24.9 Å². The number of piperidine rings is 1. The van der Waals surface area contributed by atoms with Crippen LogP contribution in [0.4, 0.5) is 0 Å². The Morgan fingerprint density at radius 1 is 1.30 bits per heavy atom. The number of amides is 1. The van der Waals surface area contributed by atoms with Gasteiger partial charge in [0.25, 0.3) is 0 Å². The molecule has 3 rings (SSSR count). The van der Waals surface area contributed by atoms with Crippen LogP contribution in [-0.2, 0) is 17.8 Å². The van der Waals surface area contributed by atoms with E-state index in [-0.39, 0.29) is 11.9 Å². The molecule has 0 unspecified atom stereocenters. The summed E-state index contributed by atoms with van der Waals surface area (Å²) in [5.41, 5.74) is 1.25. The normalized spacial score (nSPS) is 17.8. The SMILES string of the molecule is O=C(NCCc1nccn1Cc1ccccc1)[C@@H]1CCCCN1. The summed E-state index contributed by atoms with van der Waals surface area (Å²) in [7, 11) is 0. The van der Waals surface area contributed by atoms with Crippen molar-refractivity contribution in [1.82, 2.24) is 20.2 Å². The van der Waals surface area contributed by atoms with Crippen molar-refractivity contribution in [3.63, 3.8) is 0 Å². The number of benzene rings is 1. The van der Waals surface area contributed by atoms with Gasteiger partial charge in [-0.1, -0.05) is 36.8 Å². The Bertz CT molecular complexity index is 617. The Hall–Kier alpha value is -2.14. The number of hydrogen-bond acceptors (Lipinski definition) is 3. The standard InChI is InChI=1S/C18H24N4O/c23-18(16-8-4-5-10-19-16)21-11-9-17-20-12-13-22(17)14-15-6-2-1-3-7-15/h1-3,6-7,12-13,16,19H,4-5,8-11,14H2,(H,21,23)/t16-/m0/s1. The molecule has 1 aliphatic rings. The van der Waals surface area contributed by atoms with Crippen molar-refractivity contribution in [1.29, 1.82) is 0 Å². The Kier molecular flexibility index (Phi) is 5.42. The van der Waals surface area contributed by atoms with Crippen LogP contribution >= 0.6 is 0 Å². The number of rotatable bonds is 6. The van der Waals surface area contributed by atoms with E-state index in [0.717, 1.165) is 38.2 Å². The third-order valence-electron chi connectivity index (χ3n) is 4.27. The lowest BCUT2D eigenvalue weighted by Gasteiger charge is -2.22. The van der Waals surface area contributed by atoms with Crippen LogP contribution < -0.4 is 10.6 Å². The fourth-order valence-corrected chi connectivity index (χ4v) is 2.99. The molecule has 5 heteroatoms. The lowest BCUT2D eigenvalue weighted by molar-refractivity contribution is -0.123. The molecule has 5 nitrogen and oxygen atoms in total. The van der Waals surface area contributed by atoms with Crippen molar-refractivity contribution >= 4 is 5.91 Å². The summed E-state index contributed by atoms with van der Waals surface area (Å²) in [5.74, 6) is 1.12. The van der Waals surface area contributed by atoms with Gasteiger partial charge in [0.05, 0.1) is 6.04 Å². The first-order chi connectivity index (χ1) is 11.3. The lowest BCUT2D eigenvalue weighted by Crippen LogP contribution is -2.47. The molecule has 23 heavy (non-hydrogen) atoms. The van der Waals surface area contributed by atoms with Crippen molar-refractivity contribution in [3.8, 4) is 0 Å². The molecule has 1 saturated heterocycles. The van der Waals surface area contributed by atoms with Crippen LogP contribution in [0.3, 0.4) is 0 Å². The zero-order valence-corrected chi connectivity index (χ0v) is 13.4. The molecule has 2 heterocycles. The van der Waals surface area contributed by atoms with Gasteiger partial charge in [0.15, 0.2) is 0 Å². The molecule has 0 bridgehead atoms. The molecule has 0 radical (unpaired) electrons. The van der Waals surface area contributed by atoms with Crippen LogP contribution in [0.2, 0.25) is 0 Å². The highest BCUT2D eigenvalue weighted by molar-refractivity contribution is 5.81. The van der Waals surface area contributed by atoms with Crippen molar-refractivity contribution < 1.29 is 4.79 Å². The minimum absolute atomic E-state index is 0.0205. The van der Waals surface area contributed by atoms with Gasteiger partial charge < -0.3 is 15.2 Å². The summed E-state index contributed by atoms with van der Waals surface area (Å²) in [6.07, 6.45) is 7.80. The average molecular weight is 312 g/mol. The number of carbonyl (C=O) groups is 1. The first kappa shape index (κ1) is 15.7. The third-order valence-corrected chi connectivity index (χ3v) is 4.27. The Morgan fingerprint density at radius 3 is 2.96 bits per heavy atom. The van der Waals surface area contributed by atoms with Gasteiger partial charge >= 0.3 is 0 Å². The summed E-state index contributed by atoms with van der Waals surface area (Å²) in [4.78, 5) is 16.5. The summed E-state index contributed by atoms with van der Waals surface area (Å²) in [6.45, 7) is 2.39. The number of nitrogens with one attached hydrogen (secondary N) is 2. The van der Waals surface area contributed by atoms with E-state index >= 15 is 0 Å². The van der Waals surface area contributed by atoms with Gasteiger partial charge in [0.1, 0.15) is 5.82 Å². The second-order valence-electron chi connectivity index (χ2n) is 6.00. The van der Waals surface area contributed by atoms with Crippen LogP contribution in [0.15, 0.2) is 42.7 Å². The Labute approximate surface area is 137 Å². The lowest BCUT2D eigenvalue weighted by atomic mass is 10.0. The molecular weight excluding hydrogens is 288 g/mol. The third kappa shape index (κ3) is 4.42. The minimum atomic E-state index is -0.0205.